The molecule has 0 fully saturated rings. The number of unbranched alkanes of at least 4 members (excludes halogenated alkanes) is 2. The molecule has 0 saturated carbocycles. The van der Waals surface area contributed by atoms with Crippen LogP contribution < -0.4 is 10.1 Å². The van der Waals surface area contributed by atoms with E-state index in [1.807, 2.05) is 6.07 Å². The predicted octanol–water partition coefficient (Wildman–Crippen LogP) is 3.16. The van der Waals surface area contributed by atoms with E-state index in [1.54, 1.807) is 13.1 Å². The van der Waals surface area contributed by atoms with Crippen molar-refractivity contribution in [1.29, 1.82) is 0 Å². The minimum atomic E-state index is -0.0290. The molecule has 0 aliphatic heterocycles. The molecule has 0 spiro atoms. The number of hydrogen-bond donors (Lipinski definition) is 2. The maximum absolute atomic E-state index is 12.0. The summed E-state index contributed by atoms with van der Waals surface area (Å²) in [4.78, 5) is 23.7. The molecule has 1 aromatic rings. The average Bonchev–Trinajstić information content (AvgIpc) is 2.55. The smallest absolute Gasteiger partial charge is 0.162 e. The van der Waals surface area contributed by atoms with Crippen LogP contribution in [0.3, 0.4) is 0 Å². The monoisotopic (exact) mass is 335 g/mol. The fourth-order valence-electron chi connectivity index (χ4n) is 2.61. The van der Waals surface area contributed by atoms with Gasteiger partial charge in [0.2, 0.25) is 0 Å². The molecule has 2 N–H and O–H groups in total. The van der Waals surface area contributed by atoms with E-state index in [4.69, 9.17) is 4.74 Å². The van der Waals surface area contributed by atoms with Crippen LogP contribution in [0.2, 0.25) is 0 Å². The molecule has 5 heteroatoms. The largest absolute Gasteiger partial charge is 0.504 e. The Kier molecular flexibility index (Phi) is 9.08. The van der Waals surface area contributed by atoms with Crippen molar-refractivity contribution in [3.63, 3.8) is 0 Å². The topological polar surface area (TPSA) is 75.6 Å². The second-order valence-electron chi connectivity index (χ2n) is 6.05. The van der Waals surface area contributed by atoms with Crippen LogP contribution in [0.4, 0.5) is 0 Å². The highest BCUT2D eigenvalue weighted by molar-refractivity contribution is 5.99. The fourth-order valence-corrected chi connectivity index (χ4v) is 2.61. The first-order chi connectivity index (χ1) is 11.5. The predicted molar refractivity (Wildman–Crippen MR) is 94.5 cm³/mol. The van der Waals surface area contributed by atoms with Gasteiger partial charge in [-0.15, -0.1) is 0 Å². The summed E-state index contributed by atoms with van der Waals surface area (Å²) >= 11 is 0. The van der Waals surface area contributed by atoms with Crippen molar-refractivity contribution in [3.8, 4) is 11.5 Å². The summed E-state index contributed by atoms with van der Waals surface area (Å²) in [6, 6.07) is 3.61. The van der Waals surface area contributed by atoms with Gasteiger partial charge in [0, 0.05) is 24.9 Å². The number of carbonyl (C=O) groups is 2. The summed E-state index contributed by atoms with van der Waals surface area (Å²) in [5, 5.41) is 13.1. The van der Waals surface area contributed by atoms with Crippen molar-refractivity contribution in [1.82, 2.24) is 5.32 Å². The van der Waals surface area contributed by atoms with E-state index in [1.165, 1.54) is 7.11 Å². The quantitative estimate of drug-likeness (QED) is 0.453. The SMILES string of the molecule is CCCCCC(=O)CC(=O)CCc1cc(CNC)c(O)c(OC)c1. The molecular formula is C19H29NO4. The Bertz CT molecular complexity index is 555. The number of phenolic OH excluding ortho intramolecular Hbond substituents is 1. The standard InChI is InChI=1S/C19H29NO4/c1-4-5-6-7-16(21)12-17(22)9-8-14-10-15(13-20-2)19(23)18(11-14)24-3/h10-11,20,23H,4-9,12-13H2,1-3H3. The van der Waals surface area contributed by atoms with E-state index in [-0.39, 0.29) is 23.7 Å². The molecule has 1 rings (SSSR count). The number of rotatable bonds is 12. The molecular weight excluding hydrogens is 306 g/mol. The fraction of sp³-hybridized carbons (Fsp3) is 0.579. The lowest BCUT2D eigenvalue weighted by atomic mass is 10.00. The Morgan fingerprint density at radius 3 is 2.50 bits per heavy atom. The van der Waals surface area contributed by atoms with Crippen LogP contribution in [0.5, 0.6) is 11.5 Å². The first-order valence-corrected chi connectivity index (χ1v) is 8.58. The van der Waals surface area contributed by atoms with Gasteiger partial charge in [0.25, 0.3) is 0 Å². The molecule has 0 aliphatic rings. The van der Waals surface area contributed by atoms with Crippen molar-refractivity contribution in [2.24, 2.45) is 0 Å². The van der Waals surface area contributed by atoms with Gasteiger partial charge < -0.3 is 15.2 Å². The summed E-state index contributed by atoms with van der Waals surface area (Å²) in [5.74, 6) is 0.528. The lowest BCUT2D eigenvalue weighted by molar-refractivity contribution is -0.127. The first kappa shape index (κ1) is 20.2. The van der Waals surface area contributed by atoms with Crippen LogP contribution in [0.25, 0.3) is 0 Å². The second kappa shape index (κ2) is 10.8. The number of phenols is 1. The van der Waals surface area contributed by atoms with E-state index in [0.717, 1.165) is 30.4 Å². The number of hydrogen-bond acceptors (Lipinski definition) is 5. The van der Waals surface area contributed by atoms with Crippen LogP contribution in [-0.2, 0) is 22.6 Å². The molecule has 0 amide bonds. The molecule has 0 heterocycles. The van der Waals surface area contributed by atoms with Crippen molar-refractivity contribution in [2.75, 3.05) is 14.2 Å². The number of Topliss-reactive ketones (excluding diaryl/α,β-unsaturated/α-hetero) is 2. The van der Waals surface area contributed by atoms with Gasteiger partial charge in [-0.05, 0) is 31.5 Å². The van der Waals surface area contributed by atoms with E-state index in [2.05, 4.69) is 12.2 Å². The van der Waals surface area contributed by atoms with Gasteiger partial charge in [-0.25, -0.2) is 0 Å². The summed E-state index contributed by atoms with van der Waals surface area (Å²) in [7, 11) is 3.30. The molecule has 0 atom stereocenters. The first-order valence-electron chi connectivity index (χ1n) is 8.58. The maximum atomic E-state index is 12.0. The number of ketones is 2. The minimum Gasteiger partial charge on any atom is -0.504 e. The molecule has 0 radical (unpaired) electrons. The molecule has 0 saturated heterocycles. The van der Waals surface area contributed by atoms with Gasteiger partial charge in [0.15, 0.2) is 11.5 Å². The third kappa shape index (κ3) is 6.71. The molecule has 0 aliphatic carbocycles. The summed E-state index contributed by atoms with van der Waals surface area (Å²) in [6.07, 6.45) is 4.35. The van der Waals surface area contributed by atoms with E-state index in [9.17, 15) is 14.7 Å². The number of ether oxygens (including phenoxy) is 1. The van der Waals surface area contributed by atoms with Crippen molar-refractivity contribution in [2.45, 2.75) is 58.4 Å². The van der Waals surface area contributed by atoms with Gasteiger partial charge in [0.1, 0.15) is 11.6 Å². The number of aryl methyl sites for hydroxylation is 1. The molecule has 1 aromatic carbocycles. The van der Waals surface area contributed by atoms with Crippen LogP contribution in [0.1, 0.15) is 56.6 Å². The normalized spacial score (nSPS) is 10.6. The zero-order chi connectivity index (χ0) is 17.9. The summed E-state index contributed by atoms with van der Waals surface area (Å²) < 4.78 is 5.18. The number of nitrogens with one attached hydrogen (secondary N) is 1. The highest BCUT2D eigenvalue weighted by atomic mass is 16.5. The lowest BCUT2D eigenvalue weighted by Gasteiger charge is -2.12. The van der Waals surface area contributed by atoms with Crippen molar-refractivity contribution in [3.05, 3.63) is 23.3 Å². The van der Waals surface area contributed by atoms with Gasteiger partial charge in [-0.3, -0.25) is 9.59 Å². The molecule has 0 bridgehead atoms. The van der Waals surface area contributed by atoms with Crippen LogP contribution >= 0.6 is 0 Å². The van der Waals surface area contributed by atoms with E-state index in [0.29, 0.717) is 31.6 Å². The number of benzene rings is 1. The number of aromatic hydroxyl groups is 1. The molecule has 134 valence electrons. The molecule has 24 heavy (non-hydrogen) atoms. The van der Waals surface area contributed by atoms with Gasteiger partial charge in [-0.2, -0.15) is 0 Å². The average molecular weight is 335 g/mol. The lowest BCUT2D eigenvalue weighted by Crippen LogP contribution is -2.09. The van der Waals surface area contributed by atoms with Gasteiger partial charge >= 0.3 is 0 Å². The number of methoxy groups -OCH3 is 1. The van der Waals surface area contributed by atoms with Gasteiger partial charge in [0.05, 0.1) is 13.5 Å². The van der Waals surface area contributed by atoms with Crippen LogP contribution in [0, 0.1) is 0 Å². The van der Waals surface area contributed by atoms with E-state index < -0.39 is 0 Å². The molecule has 0 aromatic heterocycles. The molecule has 5 nitrogen and oxygen atoms in total. The third-order valence-electron chi connectivity index (χ3n) is 3.95. The number of carbonyl (C=O) groups excluding carboxylic acids is 2. The Labute approximate surface area is 144 Å². The van der Waals surface area contributed by atoms with Crippen molar-refractivity contribution < 1.29 is 19.4 Å². The van der Waals surface area contributed by atoms with E-state index >= 15 is 0 Å². The van der Waals surface area contributed by atoms with Crippen LogP contribution in [0.15, 0.2) is 12.1 Å². The highest BCUT2D eigenvalue weighted by Gasteiger charge is 2.13. The highest BCUT2D eigenvalue weighted by Crippen LogP contribution is 2.31. The Balaban J connectivity index is 2.58. The van der Waals surface area contributed by atoms with Crippen LogP contribution in [-0.4, -0.2) is 30.8 Å². The van der Waals surface area contributed by atoms with Gasteiger partial charge in [-0.1, -0.05) is 25.8 Å². The Morgan fingerprint density at radius 2 is 1.88 bits per heavy atom. The second-order valence-corrected chi connectivity index (χ2v) is 6.05. The summed E-state index contributed by atoms with van der Waals surface area (Å²) in [5.41, 5.74) is 1.65. The summed E-state index contributed by atoms with van der Waals surface area (Å²) in [6.45, 7) is 2.60. The Hall–Kier alpha value is -1.88. The zero-order valence-corrected chi connectivity index (χ0v) is 15.0. The Morgan fingerprint density at radius 1 is 1.17 bits per heavy atom. The van der Waals surface area contributed by atoms with Crippen molar-refractivity contribution >= 4 is 11.6 Å². The zero-order valence-electron chi connectivity index (χ0n) is 15.0. The maximum Gasteiger partial charge on any atom is 0.162 e. The third-order valence-corrected chi connectivity index (χ3v) is 3.95. The minimum absolute atomic E-state index is 0.0290. The molecule has 0 unspecified atom stereocenters.